The molecule has 204 valence electrons. The Kier molecular flexibility index (Phi) is 9.58. The molecule has 0 radical (unpaired) electrons. The molecule has 1 unspecified atom stereocenters. The molecule has 0 bridgehead atoms. The van der Waals surface area contributed by atoms with Gasteiger partial charge in [-0.25, -0.2) is 19.5 Å². The minimum Gasteiger partial charge on any atom is -0.496 e. The molecule has 0 aliphatic carbocycles. The Morgan fingerprint density at radius 1 is 1.00 bits per heavy atom. The quantitative estimate of drug-likeness (QED) is 0.168. The second-order valence-corrected chi connectivity index (χ2v) is 8.77. The van der Waals surface area contributed by atoms with Gasteiger partial charge < -0.3 is 54.4 Å². The average molecular weight is 545 g/mol. The Bertz CT molecular complexity index is 1220. The summed E-state index contributed by atoms with van der Waals surface area (Å²) in [5, 5.41) is 30.3. The van der Waals surface area contributed by atoms with Crippen molar-refractivity contribution in [3.8, 4) is 17.2 Å². The molecule has 0 spiro atoms. The Balaban J connectivity index is 0.000000233. The first kappa shape index (κ1) is 28.5. The highest BCUT2D eigenvalue weighted by Gasteiger charge is 2.42. The van der Waals surface area contributed by atoms with Gasteiger partial charge in [-0.2, -0.15) is 0 Å². The third-order valence-corrected chi connectivity index (χ3v) is 5.69. The predicted molar refractivity (Wildman–Crippen MR) is 126 cm³/mol. The maximum atomic E-state index is 10.3. The zero-order chi connectivity index (χ0) is 27.2. The summed E-state index contributed by atoms with van der Waals surface area (Å²) in [4.78, 5) is 32.1. The molecule has 2 aromatic heterocycles. The van der Waals surface area contributed by atoms with Crippen LogP contribution in [0.15, 0.2) is 24.8 Å². The minimum atomic E-state index is -4.64. The number of ether oxygens (including phenoxy) is 4. The van der Waals surface area contributed by atoms with Gasteiger partial charge in [0.15, 0.2) is 29.3 Å². The van der Waals surface area contributed by atoms with E-state index in [1.165, 1.54) is 6.33 Å². The van der Waals surface area contributed by atoms with E-state index in [1.807, 2.05) is 6.07 Å². The van der Waals surface area contributed by atoms with Crippen LogP contribution in [-0.2, 0) is 20.4 Å². The molecule has 4 rings (SSSR count). The molecule has 0 amide bonds. The topological polar surface area (TPSA) is 231 Å². The number of methoxy groups -OCH3 is 3. The van der Waals surface area contributed by atoms with Crippen molar-refractivity contribution in [3.63, 3.8) is 0 Å². The highest BCUT2D eigenvalue weighted by molar-refractivity contribution is 7.46. The van der Waals surface area contributed by atoms with Crippen LogP contribution in [0, 0.1) is 0 Å². The Labute approximate surface area is 210 Å². The molecule has 3 heterocycles. The van der Waals surface area contributed by atoms with Crippen molar-refractivity contribution >= 4 is 24.8 Å². The van der Waals surface area contributed by atoms with E-state index in [1.54, 1.807) is 33.7 Å². The van der Waals surface area contributed by atoms with Gasteiger partial charge in [0.25, 0.3) is 0 Å². The first-order valence-corrected chi connectivity index (χ1v) is 12.2. The van der Waals surface area contributed by atoms with Crippen LogP contribution in [0.25, 0.3) is 11.2 Å². The standard InChI is InChI=1S/C15H17N5O3.C5H11O8P/c1-21-10-5-12(23-3)11(22-2)4-9(10)6-16-14-13-15(18-7-17-13)20-8-19-14;6-3-2(1-12-14(9,10)11)13-5(8)4(3)7/h4-5,7-8H,6H2,1-3H3,(H2,16,17,18,19,20);2-8H,1H2,(H2,9,10,11)/t;2-,3-,4-,5?/m.1/s1. The number of fused-ring (bicyclic) bond motifs is 1. The summed E-state index contributed by atoms with van der Waals surface area (Å²) in [5.74, 6) is 2.62. The number of aromatic nitrogens is 4. The number of aliphatic hydroxyl groups is 3. The number of phosphoric acid groups is 1. The second kappa shape index (κ2) is 12.4. The Morgan fingerprint density at radius 3 is 2.27 bits per heavy atom. The maximum absolute atomic E-state index is 10.3. The van der Waals surface area contributed by atoms with Crippen molar-refractivity contribution in [1.82, 2.24) is 19.9 Å². The van der Waals surface area contributed by atoms with Crippen LogP contribution in [0.1, 0.15) is 5.56 Å². The van der Waals surface area contributed by atoms with Gasteiger partial charge in [0, 0.05) is 18.2 Å². The maximum Gasteiger partial charge on any atom is 0.469 e. The first-order valence-electron chi connectivity index (χ1n) is 10.6. The molecular weight excluding hydrogens is 517 g/mol. The summed E-state index contributed by atoms with van der Waals surface area (Å²) in [6, 6.07) is 3.66. The van der Waals surface area contributed by atoms with Crippen LogP contribution < -0.4 is 19.5 Å². The van der Waals surface area contributed by atoms with Crippen molar-refractivity contribution in [2.24, 2.45) is 0 Å². The molecule has 1 aromatic carbocycles. The summed E-state index contributed by atoms with van der Waals surface area (Å²) in [6.45, 7) is -0.117. The molecule has 17 heteroatoms. The van der Waals surface area contributed by atoms with Crippen molar-refractivity contribution in [1.29, 1.82) is 0 Å². The fourth-order valence-electron chi connectivity index (χ4n) is 3.35. The molecule has 4 atom stereocenters. The highest BCUT2D eigenvalue weighted by atomic mass is 31.2. The van der Waals surface area contributed by atoms with Gasteiger partial charge in [-0.3, -0.25) is 4.52 Å². The number of H-pyrrole nitrogens is 1. The smallest absolute Gasteiger partial charge is 0.469 e. The van der Waals surface area contributed by atoms with Crippen LogP contribution in [0.3, 0.4) is 0 Å². The number of aromatic amines is 1. The molecule has 3 aromatic rings. The van der Waals surface area contributed by atoms with E-state index in [4.69, 9.17) is 39.3 Å². The van der Waals surface area contributed by atoms with Crippen LogP contribution in [0.4, 0.5) is 5.82 Å². The lowest BCUT2D eigenvalue weighted by Gasteiger charge is -2.14. The summed E-state index contributed by atoms with van der Waals surface area (Å²) in [6.07, 6.45) is -2.61. The number of hydrogen-bond acceptors (Lipinski definition) is 13. The van der Waals surface area contributed by atoms with E-state index in [0.29, 0.717) is 35.3 Å². The normalized spacial score (nSPS) is 21.3. The van der Waals surface area contributed by atoms with E-state index in [2.05, 4.69) is 34.5 Å². The largest absolute Gasteiger partial charge is 0.496 e. The number of aliphatic hydroxyl groups excluding tert-OH is 3. The van der Waals surface area contributed by atoms with Crippen LogP contribution >= 0.6 is 7.82 Å². The lowest BCUT2D eigenvalue weighted by molar-refractivity contribution is -0.132. The van der Waals surface area contributed by atoms with Gasteiger partial charge >= 0.3 is 7.82 Å². The Morgan fingerprint density at radius 2 is 1.68 bits per heavy atom. The third kappa shape index (κ3) is 7.24. The molecule has 1 aliphatic rings. The van der Waals surface area contributed by atoms with Gasteiger partial charge in [0.1, 0.15) is 35.9 Å². The first-order chi connectivity index (χ1) is 17.6. The highest BCUT2D eigenvalue weighted by Crippen LogP contribution is 2.37. The monoisotopic (exact) mass is 545 g/mol. The summed E-state index contributed by atoms with van der Waals surface area (Å²) >= 11 is 0. The molecule has 1 saturated heterocycles. The van der Waals surface area contributed by atoms with Gasteiger partial charge in [-0.05, 0) is 6.07 Å². The summed E-state index contributed by atoms with van der Waals surface area (Å²) < 4.78 is 34.9. The van der Waals surface area contributed by atoms with Crippen molar-refractivity contribution in [2.75, 3.05) is 33.3 Å². The van der Waals surface area contributed by atoms with Crippen molar-refractivity contribution < 1.29 is 53.1 Å². The fraction of sp³-hybridized carbons (Fsp3) is 0.450. The van der Waals surface area contributed by atoms with E-state index in [-0.39, 0.29) is 0 Å². The van der Waals surface area contributed by atoms with Crippen molar-refractivity contribution in [2.45, 2.75) is 31.1 Å². The molecule has 7 N–H and O–H groups in total. The number of phosphoric ester groups is 1. The predicted octanol–water partition coefficient (Wildman–Crippen LogP) is -0.475. The van der Waals surface area contributed by atoms with Gasteiger partial charge in [-0.1, -0.05) is 0 Å². The zero-order valence-corrected chi connectivity index (χ0v) is 20.9. The van der Waals surface area contributed by atoms with Crippen LogP contribution in [0.2, 0.25) is 0 Å². The van der Waals surface area contributed by atoms with Gasteiger partial charge in [0.2, 0.25) is 0 Å². The zero-order valence-electron chi connectivity index (χ0n) is 20.0. The molecule has 16 nitrogen and oxygen atoms in total. The van der Waals surface area contributed by atoms with E-state index in [9.17, 15) is 4.57 Å². The molecule has 0 saturated carbocycles. The number of nitrogens with zero attached hydrogens (tertiary/aromatic N) is 3. The number of nitrogens with one attached hydrogen (secondary N) is 2. The van der Waals surface area contributed by atoms with E-state index >= 15 is 0 Å². The van der Waals surface area contributed by atoms with Crippen molar-refractivity contribution in [3.05, 3.63) is 30.4 Å². The van der Waals surface area contributed by atoms with Gasteiger partial charge in [-0.15, -0.1) is 0 Å². The third-order valence-electron chi connectivity index (χ3n) is 5.20. The molecule has 1 fully saturated rings. The summed E-state index contributed by atoms with van der Waals surface area (Å²) in [7, 11) is 0.161. The molecular formula is C20H28N5O11P. The minimum absolute atomic E-state index is 0.495. The number of benzene rings is 1. The van der Waals surface area contributed by atoms with E-state index < -0.39 is 39.0 Å². The number of rotatable bonds is 9. The second-order valence-electron chi connectivity index (χ2n) is 7.53. The SMILES string of the molecule is COc1cc(OC)c(OC)cc1CNc1ncnc2nc[nH]c12.O=P(O)(O)OC[C@H]1OC(O)[C@H](O)[C@@H]1O. The lowest BCUT2D eigenvalue weighted by atomic mass is 10.1. The van der Waals surface area contributed by atoms with Gasteiger partial charge in [0.05, 0.1) is 34.3 Å². The average Bonchev–Trinajstić information content (AvgIpc) is 3.46. The number of anilines is 1. The van der Waals surface area contributed by atoms with E-state index in [0.717, 1.165) is 11.1 Å². The van der Waals surface area contributed by atoms with Crippen LogP contribution in [-0.4, -0.2) is 97.6 Å². The fourth-order valence-corrected chi connectivity index (χ4v) is 3.69. The number of imidazole rings is 1. The summed E-state index contributed by atoms with van der Waals surface area (Å²) in [5.41, 5.74) is 2.28. The lowest BCUT2D eigenvalue weighted by Crippen LogP contribution is -2.34. The van der Waals surface area contributed by atoms with Crippen LogP contribution in [0.5, 0.6) is 17.2 Å². The number of hydrogen-bond donors (Lipinski definition) is 7. The molecule has 37 heavy (non-hydrogen) atoms. The Hall–Kier alpha value is -3.08. The molecule has 1 aliphatic heterocycles.